The average Bonchev–Trinajstić information content (AvgIpc) is 3.49. The highest BCUT2D eigenvalue weighted by molar-refractivity contribution is 7.11. The number of aliphatic imine (C=N–C) groups is 1. The van der Waals surface area contributed by atoms with Gasteiger partial charge in [0.15, 0.2) is 23.9 Å². The molecule has 0 spiro atoms. The summed E-state index contributed by atoms with van der Waals surface area (Å²) in [4.78, 5) is 18.7. The molecule has 0 amide bonds. The van der Waals surface area contributed by atoms with Gasteiger partial charge in [-0.25, -0.2) is 4.99 Å². The Balaban J connectivity index is 1.58. The molecule has 0 radical (unpaired) electrons. The first-order valence-electron chi connectivity index (χ1n) is 8.94. The van der Waals surface area contributed by atoms with E-state index in [1.54, 1.807) is 47.9 Å². The minimum absolute atomic E-state index is 0.221. The SMILES string of the molecule is NC1=C2C(c3cccs3)=CC(c3ccco3)=NC2OC1C(=O)c1ccc(Cl)cc1. The molecule has 7 heteroatoms. The Morgan fingerprint density at radius 1 is 1.14 bits per heavy atom. The van der Waals surface area contributed by atoms with Crippen LogP contribution in [0.1, 0.15) is 21.0 Å². The standard InChI is InChI=1S/C22H15ClN2O3S/c23-13-7-5-12(6-8-13)20(26)21-19(24)18-14(17-4-2-10-29-17)11-15(25-22(18)28-21)16-3-1-9-27-16/h1-11,21-22H,24H2. The first-order chi connectivity index (χ1) is 14.1. The number of hydrogen-bond acceptors (Lipinski definition) is 6. The van der Waals surface area contributed by atoms with Gasteiger partial charge in [-0.2, -0.15) is 0 Å². The lowest BCUT2D eigenvalue weighted by atomic mass is 9.94. The van der Waals surface area contributed by atoms with E-state index in [4.69, 9.17) is 26.5 Å². The molecule has 0 fully saturated rings. The average molecular weight is 423 g/mol. The molecule has 5 nitrogen and oxygen atoms in total. The quantitative estimate of drug-likeness (QED) is 0.618. The summed E-state index contributed by atoms with van der Waals surface area (Å²) in [6.45, 7) is 0. The highest BCUT2D eigenvalue weighted by Crippen LogP contribution is 2.41. The minimum atomic E-state index is -0.903. The Morgan fingerprint density at radius 3 is 2.66 bits per heavy atom. The second-order valence-electron chi connectivity index (χ2n) is 6.64. The molecule has 144 valence electrons. The topological polar surface area (TPSA) is 77.8 Å². The van der Waals surface area contributed by atoms with Crippen LogP contribution in [-0.2, 0) is 4.74 Å². The van der Waals surface area contributed by atoms with Gasteiger partial charge in [-0.15, -0.1) is 11.3 Å². The zero-order chi connectivity index (χ0) is 20.0. The van der Waals surface area contributed by atoms with E-state index in [0.717, 1.165) is 16.0 Å². The predicted octanol–water partition coefficient (Wildman–Crippen LogP) is 4.70. The van der Waals surface area contributed by atoms with Crippen molar-refractivity contribution < 1.29 is 13.9 Å². The van der Waals surface area contributed by atoms with Gasteiger partial charge in [0.05, 0.1) is 12.0 Å². The van der Waals surface area contributed by atoms with Crippen LogP contribution in [0.25, 0.3) is 5.57 Å². The van der Waals surface area contributed by atoms with Crippen molar-refractivity contribution in [3.63, 3.8) is 0 Å². The molecule has 2 aliphatic rings. The zero-order valence-electron chi connectivity index (χ0n) is 15.0. The lowest BCUT2D eigenvalue weighted by Gasteiger charge is -2.19. The molecule has 4 heterocycles. The number of nitrogens with zero attached hydrogens (tertiary/aromatic N) is 1. The first kappa shape index (κ1) is 18.1. The zero-order valence-corrected chi connectivity index (χ0v) is 16.6. The number of Topliss-reactive ketones (excluding diaryl/α,β-unsaturated/α-hetero) is 1. The summed E-state index contributed by atoms with van der Waals surface area (Å²) in [7, 11) is 0. The van der Waals surface area contributed by atoms with E-state index in [0.29, 0.717) is 27.8 Å². The Labute approximate surface area is 175 Å². The fourth-order valence-electron chi connectivity index (χ4n) is 3.48. The lowest BCUT2D eigenvalue weighted by molar-refractivity contribution is 0.0451. The van der Waals surface area contributed by atoms with Gasteiger partial charge in [0, 0.05) is 26.6 Å². The Kier molecular flexibility index (Phi) is 4.47. The smallest absolute Gasteiger partial charge is 0.197 e. The molecular formula is C22H15ClN2O3S. The minimum Gasteiger partial charge on any atom is -0.463 e. The number of carbonyl (C=O) groups is 1. The Bertz CT molecular complexity index is 1160. The molecule has 5 rings (SSSR count). The van der Waals surface area contributed by atoms with E-state index >= 15 is 0 Å². The fraction of sp³-hybridized carbons (Fsp3) is 0.0909. The number of hydrogen-bond donors (Lipinski definition) is 1. The number of ketones is 1. The molecule has 2 unspecified atom stereocenters. The summed E-state index contributed by atoms with van der Waals surface area (Å²) >= 11 is 7.52. The van der Waals surface area contributed by atoms with Crippen LogP contribution in [0.4, 0.5) is 0 Å². The van der Waals surface area contributed by atoms with Gasteiger partial charge in [-0.1, -0.05) is 17.7 Å². The molecule has 29 heavy (non-hydrogen) atoms. The lowest BCUT2D eigenvalue weighted by Crippen LogP contribution is -2.27. The van der Waals surface area contributed by atoms with Gasteiger partial charge in [0.1, 0.15) is 5.71 Å². The number of halogens is 1. The molecule has 2 aromatic heterocycles. The van der Waals surface area contributed by atoms with E-state index in [-0.39, 0.29) is 5.78 Å². The summed E-state index contributed by atoms with van der Waals surface area (Å²) in [6.07, 6.45) is 1.96. The molecule has 1 aromatic carbocycles. The molecule has 2 atom stereocenters. The first-order valence-corrected chi connectivity index (χ1v) is 10.2. The van der Waals surface area contributed by atoms with Crippen molar-refractivity contribution in [3.8, 4) is 0 Å². The van der Waals surface area contributed by atoms with Crippen molar-refractivity contribution in [2.45, 2.75) is 12.3 Å². The molecule has 2 aliphatic heterocycles. The number of fused-ring (bicyclic) bond motifs is 1. The maximum atomic E-state index is 13.0. The van der Waals surface area contributed by atoms with Crippen LogP contribution in [0.5, 0.6) is 0 Å². The summed E-state index contributed by atoms with van der Waals surface area (Å²) in [5, 5.41) is 2.55. The molecule has 0 saturated carbocycles. The number of rotatable bonds is 4. The maximum Gasteiger partial charge on any atom is 0.197 e. The predicted molar refractivity (Wildman–Crippen MR) is 113 cm³/mol. The van der Waals surface area contributed by atoms with Gasteiger partial charge in [0.25, 0.3) is 0 Å². The van der Waals surface area contributed by atoms with E-state index in [2.05, 4.69) is 4.99 Å². The number of benzene rings is 1. The third-order valence-electron chi connectivity index (χ3n) is 4.86. The van der Waals surface area contributed by atoms with Crippen molar-refractivity contribution in [2.24, 2.45) is 10.7 Å². The summed E-state index contributed by atoms with van der Waals surface area (Å²) in [6, 6.07) is 14.3. The number of nitrogens with two attached hydrogens (primary N) is 1. The van der Waals surface area contributed by atoms with Crippen molar-refractivity contribution in [2.75, 3.05) is 0 Å². The fourth-order valence-corrected chi connectivity index (χ4v) is 4.36. The van der Waals surface area contributed by atoms with Crippen molar-refractivity contribution in [1.29, 1.82) is 0 Å². The largest absolute Gasteiger partial charge is 0.463 e. The number of dihydropyridines is 1. The van der Waals surface area contributed by atoms with Crippen LogP contribution in [0.3, 0.4) is 0 Å². The number of ether oxygens (including phenoxy) is 1. The Morgan fingerprint density at radius 2 is 1.97 bits per heavy atom. The van der Waals surface area contributed by atoms with Gasteiger partial charge < -0.3 is 14.9 Å². The highest BCUT2D eigenvalue weighted by Gasteiger charge is 2.41. The summed E-state index contributed by atoms with van der Waals surface area (Å²) in [5.41, 5.74) is 9.59. The highest BCUT2D eigenvalue weighted by atomic mass is 35.5. The van der Waals surface area contributed by atoms with Crippen LogP contribution in [0.2, 0.25) is 5.02 Å². The Hall–Kier alpha value is -2.93. The van der Waals surface area contributed by atoms with Crippen LogP contribution in [-0.4, -0.2) is 23.8 Å². The van der Waals surface area contributed by atoms with E-state index < -0.39 is 12.3 Å². The monoisotopic (exact) mass is 422 g/mol. The van der Waals surface area contributed by atoms with Crippen LogP contribution < -0.4 is 5.73 Å². The second kappa shape index (κ2) is 7.15. The third-order valence-corrected chi connectivity index (χ3v) is 6.02. The van der Waals surface area contributed by atoms with Crippen LogP contribution in [0.15, 0.2) is 86.9 Å². The van der Waals surface area contributed by atoms with Crippen molar-refractivity contribution in [3.05, 3.63) is 98.7 Å². The summed E-state index contributed by atoms with van der Waals surface area (Å²) in [5.74, 6) is 0.411. The summed E-state index contributed by atoms with van der Waals surface area (Å²) < 4.78 is 11.5. The molecule has 2 N–H and O–H groups in total. The maximum absolute atomic E-state index is 13.0. The van der Waals surface area contributed by atoms with Gasteiger partial charge in [0.2, 0.25) is 0 Å². The number of furan rings is 1. The molecule has 3 aromatic rings. The number of allylic oxidation sites excluding steroid dienone is 1. The van der Waals surface area contributed by atoms with Gasteiger partial charge >= 0.3 is 0 Å². The van der Waals surface area contributed by atoms with E-state index in [1.165, 1.54) is 0 Å². The molecular weight excluding hydrogens is 408 g/mol. The molecule has 0 saturated heterocycles. The van der Waals surface area contributed by atoms with Crippen molar-refractivity contribution >= 4 is 40.0 Å². The number of thiophene rings is 1. The van der Waals surface area contributed by atoms with Crippen LogP contribution in [0, 0.1) is 0 Å². The van der Waals surface area contributed by atoms with Gasteiger partial charge in [-0.05, 0) is 53.9 Å². The van der Waals surface area contributed by atoms with Gasteiger partial charge in [-0.3, -0.25) is 4.79 Å². The number of carbonyl (C=O) groups excluding carboxylic acids is 1. The van der Waals surface area contributed by atoms with Crippen LogP contribution >= 0.6 is 22.9 Å². The molecule has 0 bridgehead atoms. The van der Waals surface area contributed by atoms with E-state index in [1.807, 2.05) is 29.7 Å². The second-order valence-corrected chi connectivity index (χ2v) is 8.02. The van der Waals surface area contributed by atoms with E-state index in [9.17, 15) is 4.79 Å². The normalized spacial score (nSPS) is 21.0. The molecule has 0 aliphatic carbocycles. The third kappa shape index (κ3) is 3.15. The van der Waals surface area contributed by atoms with Crippen molar-refractivity contribution in [1.82, 2.24) is 0 Å².